The standard InChI is InChI=1S/C17H25N3O2/c1-4-9-18-17(21)14(2)19-10-12-20(13-11-19)15-7-5-6-8-16(15)22-3/h4-8,14H,1,9-13H2,2-3H3,(H,18,21). The number of hydrogen-bond donors (Lipinski definition) is 1. The summed E-state index contributed by atoms with van der Waals surface area (Å²) in [6.45, 7) is 9.59. The lowest BCUT2D eigenvalue weighted by molar-refractivity contribution is -0.125. The monoisotopic (exact) mass is 303 g/mol. The number of nitrogens with one attached hydrogen (secondary N) is 1. The second-order valence-electron chi connectivity index (χ2n) is 5.40. The van der Waals surface area contributed by atoms with Crippen molar-refractivity contribution in [1.82, 2.24) is 10.2 Å². The molecule has 0 aliphatic carbocycles. The number of carbonyl (C=O) groups excluding carboxylic acids is 1. The Labute approximate surface area is 132 Å². The molecule has 5 nitrogen and oxygen atoms in total. The van der Waals surface area contributed by atoms with E-state index >= 15 is 0 Å². The number of anilines is 1. The van der Waals surface area contributed by atoms with Gasteiger partial charge in [-0.1, -0.05) is 18.2 Å². The Kier molecular flexibility index (Phi) is 5.83. The van der Waals surface area contributed by atoms with Crippen molar-refractivity contribution in [1.29, 1.82) is 0 Å². The van der Waals surface area contributed by atoms with Gasteiger partial charge in [-0.05, 0) is 19.1 Å². The van der Waals surface area contributed by atoms with E-state index in [4.69, 9.17) is 4.74 Å². The average molecular weight is 303 g/mol. The fourth-order valence-corrected chi connectivity index (χ4v) is 2.73. The minimum atomic E-state index is -0.111. The number of nitrogens with zero attached hydrogens (tertiary/aromatic N) is 2. The van der Waals surface area contributed by atoms with Crippen molar-refractivity contribution >= 4 is 11.6 Å². The van der Waals surface area contributed by atoms with Crippen molar-refractivity contribution in [2.75, 3.05) is 44.7 Å². The molecule has 2 rings (SSSR count). The third kappa shape index (κ3) is 3.80. The van der Waals surface area contributed by atoms with Crippen LogP contribution < -0.4 is 15.0 Å². The van der Waals surface area contributed by atoms with Crippen molar-refractivity contribution in [2.24, 2.45) is 0 Å². The van der Waals surface area contributed by atoms with Crippen molar-refractivity contribution in [3.05, 3.63) is 36.9 Å². The van der Waals surface area contributed by atoms with Gasteiger partial charge >= 0.3 is 0 Å². The zero-order chi connectivity index (χ0) is 15.9. The molecule has 1 heterocycles. The summed E-state index contributed by atoms with van der Waals surface area (Å²) in [5, 5.41) is 2.86. The SMILES string of the molecule is C=CCNC(=O)C(C)N1CCN(c2ccccc2OC)CC1. The fourth-order valence-electron chi connectivity index (χ4n) is 2.73. The largest absolute Gasteiger partial charge is 0.495 e. The number of amides is 1. The summed E-state index contributed by atoms with van der Waals surface area (Å²) >= 11 is 0. The second kappa shape index (κ2) is 7.84. The van der Waals surface area contributed by atoms with Crippen LogP contribution in [-0.4, -0.2) is 56.7 Å². The van der Waals surface area contributed by atoms with E-state index in [-0.39, 0.29) is 11.9 Å². The molecule has 1 aromatic carbocycles. The predicted molar refractivity (Wildman–Crippen MR) is 89.4 cm³/mol. The normalized spacial score (nSPS) is 16.9. The lowest BCUT2D eigenvalue weighted by Gasteiger charge is -2.38. The van der Waals surface area contributed by atoms with Gasteiger partial charge in [0.1, 0.15) is 5.75 Å². The molecule has 0 radical (unpaired) electrons. The highest BCUT2D eigenvalue weighted by Crippen LogP contribution is 2.28. The van der Waals surface area contributed by atoms with Gasteiger partial charge in [-0.25, -0.2) is 0 Å². The molecule has 1 aromatic rings. The summed E-state index contributed by atoms with van der Waals surface area (Å²) in [6, 6.07) is 7.95. The molecule has 0 aromatic heterocycles. The zero-order valence-electron chi connectivity index (χ0n) is 13.4. The van der Waals surface area contributed by atoms with Gasteiger partial charge in [-0.3, -0.25) is 9.69 Å². The molecule has 0 spiro atoms. The lowest BCUT2D eigenvalue weighted by Crippen LogP contribution is -2.54. The first-order valence-electron chi connectivity index (χ1n) is 7.68. The Morgan fingerprint density at radius 1 is 1.36 bits per heavy atom. The molecule has 1 aliphatic heterocycles. The van der Waals surface area contributed by atoms with Gasteiger partial charge in [0.25, 0.3) is 0 Å². The number of benzene rings is 1. The summed E-state index contributed by atoms with van der Waals surface area (Å²) in [7, 11) is 1.70. The van der Waals surface area contributed by atoms with Gasteiger partial charge in [-0.15, -0.1) is 6.58 Å². The summed E-state index contributed by atoms with van der Waals surface area (Å²) in [4.78, 5) is 16.5. The summed E-state index contributed by atoms with van der Waals surface area (Å²) in [5.74, 6) is 0.957. The van der Waals surface area contributed by atoms with E-state index < -0.39 is 0 Å². The van der Waals surface area contributed by atoms with E-state index in [0.717, 1.165) is 37.6 Å². The van der Waals surface area contributed by atoms with Crippen LogP contribution in [0.15, 0.2) is 36.9 Å². The average Bonchev–Trinajstić information content (AvgIpc) is 2.59. The summed E-state index contributed by atoms with van der Waals surface area (Å²) < 4.78 is 5.43. The number of hydrogen-bond acceptors (Lipinski definition) is 4. The van der Waals surface area contributed by atoms with E-state index in [1.807, 2.05) is 25.1 Å². The number of carbonyl (C=O) groups is 1. The molecule has 1 fully saturated rings. The summed E-state index contributed by atoms with van der Waals surface area (Å²) in [6.07, 6.45) is 1.70. The number of rotatable bonds is 6. The maximum Gasteiger partial charge on any atom is 0.237 e. The number of ether oxygens (including phenoxy) is 1. The van der Waals surface area contributed by atoms with Crippen LogP contribution in [0.25, 0.3) is 0 Å². The van der Waals surface area contributed by atoms with E-state index in [1.165, 1.54) is 0 Å². The van der Waals surface area contributed by atoms with E-state index in [9.17, 15) is 4.79 Å². The van der Waals surface area contributed by atoms with Gasteiger partial charge in [-0.2, -0.15) is 0 Å². The minimum Gasteiger partial charge on any atom is -0.495 e. The number of methoxy groups -OCH3 is 1. The molecule has 1 aliphatic rings. The maximum absolute atomic E-state index is 12.0. The Balaban J connectivity index is 1.92. The van der Waals surface area contributed by atoms with Gasteiger partial charge in [0.2, 0.25) is 5.91 Å². The number of para-hydroxylation sites is 2. The quantitative estimate of drug-likeness (QED) is 0.809. The maximum atomic E-state index is 12.0. The molecule has 1 atom stereocenters. The van der Waals surface area contributed by atoms with E-state index in [2.05, 4.69) is 27.8 Å². The second-order valence-corrected chi connectivity index (χ2v) is 5.40. The Bertz CT molecular complexity index is 510. The minimum absolute atomic E-state index is 0.0608. The molecule has 1 amide bonds. The molecule has 0 bridgehead atoms. The van der Waals surface area contributed by atoms with Crippen LogP contribution in [0.3, 0.4) is 0 Å². The lowest BCUT2D eigenvalue weighted by atomic mass is 10.2. The van der Waals surface area contributed by atoms with Crippen LogP contribution in [-0.2, 0) is 4.79 Å². The molecule has 22 heavy (non-hydrogen) atoms. The highest BCUT2D eigenvalue weighted by atomic mass is 16.5. The van der Waals surface area contributed by atoms with E-state index in [1.54, 1.807) is 13.2 Å². The first-order valence-corrected chi connectivity index (χ1v) is 7.68. The molecule has 120 valence electrons. The first-order chi connectivity index (χ1) is 10.7. The highest BCUT2D eigenvalue weighted by Gasteiger charge is 2.26. The van der Waals surface area contributed by atoms with Crippen molar-refractivity contribution in [3.63, 3.8) is 0 Å². The third-order valence-corrected chi connectivity index (χ3v) is 4.09. The van der Waals surface area contributed by atoms with Crippen LogP contribution >= 0.6 is 0 Å². The molecular formula is C17H25N3O2. The zero-order valence-corrected chi connectivity index (χ0v) is 13.4. The molecule has 1 N–H and O–H groups in total. The van der Waals surface area contributed by atoms with E-state index in [0.29, 0.717) is 6.54 Å². The predicted octanol–water partition coefficient (Wildman–Crippen LogP) is 1.51. The van der Waals surface area contributed by atoms with Crippen LogP contribution in [0.1, 0.15) is 6.92 Å². The van der Waals surface area contributed by atoms with Gasteiger partial charge in [0.15, 0.2) is 0 Å². The number of piperazine rings is 1. The van der Waals surface area contributed by atoms with Crippen LogP contribution in [0.4, 0.5) is 5.69 Å². The Hall–Kier alpha value is -2.01. The molecule has 5 heteroatoms. The van der Waals surface area contributed by atoms with Crippen LogP contribution in [0.2, 0.25) is 0 Å². The highest BCUT2D eigenvalue weighted by molar-refractivity contribution is 5.81. The molecule has 0 saturated carbocycles. The van der Waals surface area contributed by atoms with Crippen molar-refractivity contribution in [2.45, 2.75) is 13.0 Å². The van der Waals surface area contributed by atoms with Crippen LogP contribution in [0.5, 0.6) is 5.75 Å². The fraction of sp³-hybridized carbons (Fsp3) is 0.471. The summed E-state index contributed by atoms with van der Waals surface area (Å²) in [5.41, 5.74) is 1.12. The molecular weight excluding hydrogens is 278 g/mol. The van der Waals surface area contributed by atoms with Crippen molar-refractivity contribution < 1.29 is 9.53 Å². The molecule has 1 saturated heterocycles. The van der Waals surface area contributed by atoms with Gasteiger partial charge in [0.05, 0.1) is 18.8 Å². The molecule has 1 unspecified atom stereocenters. The van der Waals surface area contributed by atoms with Gasteiger partial charge < -0.3 is 15.0 Å². The van der Waals surface area contributed by atoms with Crippen LogP contribution in [0, 0.1) is 0 Å². The Morgan fingerprint density at radius 3 is 2.68 bits per heavy atom. The third-order valence-electron chi connectivity index (χ3n) is 4.09. The Morgan fingerprint density at radius 2 is 2.05 bits per heavy atom. The van der Waals surface area contributed by atoms with Gasteiger partial charge in [0, 0.05) is 32.7 Å². The smallest absolute Gasteiger partial charge is 0.237 e. The first kappa shape index (κ1) is 16.4. The van der Waals surface area contributed by atoms with Crippen molar-refractivity contribution in [3.8, 4) is 5.75 Å². The topological polar surface area (TPSA) is 44.8 Å².